The van der Waals surface area contributed by atoms with Crippen LogP contribution in [0, 0.1) is 6.92 Å². The summed E-state index contributed by atoms with van der Waals surface area (Å²) < 4.78 is 0. The van der Waals surface area contributed by atoms with Gasteiger partial charge >= 0.3 is 0 Å². The predicted molar refractivity (Wildman–Crippen MR) is 111 cm³/mol. The van der Waals surface area contributed by atoms with Crippen molar-refractivity contribution in [2.24, 2.45) is 0 Å². The predicted octanol–water partition coefficient (Wildman–Crippen LogP) is 3.49. The molecule has 0 saturated carbocycles. The van der Waals surface area contributed by atoms with Crippen LogP contribution in [-0.2, 0) is 11.2 Å². The molecule has 1 unspecified atom stereocenters. The Balaban J connectivity index is 1.69. The fourth-order valence-corrected chi connectivity index (χ4v) is 3.50. The lowest BCUT2D eigenvalue weighted by molar-refractivity contribution is -0.115. The van der Waals surface area contributed by atoms with E-state index >= 15 is 0 Å². The molecule has 3 aromatic rings. The van der Waals surface area contributed by atoms with Gasteiger partial charge in [-0.25, -0.2) is 4.98 Å². The number of aromatic amines is 1. The van der Waals surface area contributed by atoms with Gasteiger partial charge in [0.15, 0.2) is 5.16 Å². The number of H-pyrrole nitrogens is 1. The number of nitrogens with zero attached hydrogens (tertiary/aromatic N) is 1. The van der Waals surface area contributed by atoms with Gasteiger partial charge in [-0.05, 0) is 43.7 Å². The molecule has 6 nitrogen and oxygen atoms in total. The van der Waals surface area contributed by atoms with Gasteiger partial charge in [0.25, 0.3) is 5.56 Å². The Morgan fingerprint density at radius 1 is 1.18 bits per heavy atom. The van der Waals surface area contributed by atoms with Crippen molar-refractivity contribution in [3.63, 3.8) is 0 Å². The summed E-state index contributed by atoms with van der Waals surface area (Å²) in [4.78, 5) is 32.1. The largest absolute Gasteiger partial charge is 0.508 e. The number of hydrogen-bond donors (Lipinski definition) is 3. The lowest BCUT2D eigenvalue weighted by Crippen LogP contribution is -2.24. The molecule has 0 aliphatic carbocycles. The first kappa shape index (κ1) is 19.7. The number of hydrogen-bond acceptors (Lipinski definition) is 5. The zero-order valence-corrected chi connectivity index (χ0v) is 16.4. The number of aromatic nitrogens is 2. The summed E-state index contributed by atoms with van der Waals surface area (Å²) in [7, 11) is 0. The van der Waals surface area contributed by atoms with E-state index in [9.17, 15) is 14.7 Å². The number of thioether (sulfide) groups is 1. The van der Waals surface area contributed by atoms with Gasteiger partial charge in [-0.3, -0.25) is 9.59 Å². The van der Waals surface area contributed by atoms with E-state index in [0.29, 0.717) is 28.5 Å². The monoisotopic (exact) mass is 395 g/mol. The number of amides is 1. The highest BCUT2D eigenvalue weighted by molar-refractivity contribution is 8.00. The number of rotatable bonds is 6. The van der Waals surface area contributed by atoms with Crippen LogP contribution < -0.4 is 10.9 Å². The number of aryl methyl sites for hydroxylation is 1. The molecule has 3 rings (SSSR count). The molecule has 3 N–H and O–H groups in total. The third-order valence-corrected chi connectivity index (χ3v) is 5.20. The average Bonchev–Trinajstić information content (AvgIpc) is 2.67. The summed E-state index contributed by atoms with van der Waals surface area (Å²) in [6, 6.07) is 16.0. The molecule has 1 heterocycles. The molecule has 28 heavy (non-hydrogen) atoms. The maximum absolute atomic E-state index is 12.5. The second-order valence-corrected chi connectivity index (χ2v) is 7.72. The highest BCUT2D eigenvalue weighted by atomic mass is 32.2. The Hall–Kier alpha value is -3.06. The first-order chi connectivity index (χ1) is 13.4. The molecule has 2 aromatic carbocycles. The second kappa shape index (κ2) is 8.75. The SMILES string of the molecule is Cc1nc(SC(C)C(=O)Nc2ccc(O)cc2)[nH]c(=O)c1Cc1ccccc1. The molecular weight excluding hydrogens is 374 g/mol. The number of nitrogens with one attached hydrogen (secondary N) is 2. The van der Waals surface area contributed by atoms with Crippen molar-refractivity contribution in [2.75, 3.05) is 5.32 Å². The Morgan fingerprint density at radius 2 is 1.86 bits per heavy atom. The molecule has 0 radical (unpaired) electrons. The van der Waals surface area contributed by atoms with E-state index in [-0.39, 0.29) is 17.2 Å². The molecule has 1 amide bonds. The van der Waals surface area contributed by atoms with Gasteiger partial charge in [0.2, 0.25) is 5.91 Å². The molecular formula is C21H21N3O3S. The van der Waals surface area contributed by atoms with Crippen LogP contribution in [-0.4, -0.2) is 26.2 Å². The minimum atomic E-state index is -0.462. The van der Waals surface area contributed by atoms with E-state index in [2.05, 4.69) is 15.3 Å². The number of anilines is 1. The zero-order valence-electron chi connectivity index (χ0n) is 15.6. The van der Waals surface area contributed by atoms with Gasteiger partial charge in [-0.2, -0.15) is 0 Å². The molecule has 0 aliphatic rings. The van der Waals surface area contributed by atoms with E-state index in [1.165, 1.54) is 23.9 Å². The third-order valence-electron chi connectivity index (χ3n) is 4.22. The number of phenolic OH excluding ortho intramolecular Hbond substituents is 1. The Labute approximate surface area is 167 Å². The van der Waals surface area contributed by atoms with Gasteiger partial charge in [-0.1, -0.05) is 42.1 Å². The van der Waals surface area contributed by atoms with Crippen LogP contribution in [0.25, 0.3) is 0 Å². The fraction of sp³-hybridized carbons (Fsp3) is 0.190. The normalized spacial score (nSPS) is 11.8. The van der Waals surface area contributed by atoms with Crippen molar-refractivity contribution in [1.29, 1.82) is 0 Å². The van der Waals surface area contributed by atoms with Crippen LogP contribution in [0.2, 0.25) is 0 Å². The van der Waals surface area contributed by atoms with Crippen molar-refractivity contribution >= 4 is 23.4 Å². The summed E-state index contributed by atoms with van der Waals surface area (Å²) in [6.45, 7) is 3.55. The summed E-state index contributed by atoms with van der Waals surface area (Å²) in [6.07, 6.45) is 0.511. The van der Waals surface area contributed by atoms with Crippen LogP contribution in [0.5, 0.6) is 5.75 Å². The number of benzene rings is 2. The maximum Gasteiger partial charge on any atom is 0.255 e. The molecule has 1 aromatic heterocycles. The highest BCUT2D eigenvalue weighted by Crippen LogP contribution is 2.22. The van der Waals surface area contributed by atoms with Crippen molar-refractivity contribution in [3.05, 3.63) is 81.8 Å². The van der Waals surface area contributed by atoms with Crippen LogP contribution in [0.4, 0.5) is 5.69 Å². The lowest BCUT2D eigenvalue weighted by atomic mass is 10.1. The van der Waals surface area contributed by atoms with Crippen molar-refractivity contribution in [3.8, 4) is 5.75 Å². The molecule has 1 atom stereocenters. The van der Waals surface area contributed by atoms with Crippen LogP contribution in [0.15, 0.2) is 64.5 Å². The molecule has 144 valence electrons. The smallest absolute Gasteiger partial charge is 0.255 e. The first-order valence-corrected chi connectivity index (χ1v) is 9.70. The van der Waals surface area contributed by atoms with E-state index in [1.807, 2.05) is 30.3 Å². The molecule has 0 spiro atoms. The number of aromatic hydroxyl groups is 1. The van der Waals surface area contributed by atoms with Crippen molar-refractivity contribution in [1.82, 2.24) is 9.97 Å². The lowest BCUT2D eigenvalue weighted by Gasteiger charge is -2.12. The zero-order chi connectivity index (χ0) is 20.1. The second-order valence-electron chi connectivity index (χ2n) is 6.39. The Kier molecular flexibility index (Phi) is 6.16. The van der Waals surface area contributed by atoms with E-state index in [1.54, 1.807) is 26.0 Å². The minimum Gasteiger partial charge on any atom is -0.508 e. The number of carbonyl (C=O) groups is 1. The molecule has 0 aliphatic heterocycles. The van der Waals surface area contributed by atoms with Crippen LogP contribution in [0.1, 0.15) is 23.7 Å². The van der Waals surface area contributed by atoms with E-state index in [4.69, 9.17) is 0 Å². The summed E-state index contributed by atoms with van der Waals surface area (Å²) in [5, 5.41) is 12.0. The maximum atomic E-state index is 12.5. The third kappa shape index (κ3) is 5.01. The molecule has 0 saturated heterocycles. The van der Waals surface area contributed by atoms with Crippen LogP contribution in [0.3, 0.4) is 0 Å². The van der Waals surface area contributed by atoms with Crippen molar-refractivity contribution < 1.29 is 9.90 Å². The quantitative estimate of drug-likeness (QED) is 0.337. The summed E-state index contributed by atoms with van der Waals surface area (Å²) >= 11 is 1.19. The molecule has 0 bridgehead atoms. The van der Waals surface area contributed by atoms with E-state index in [0.717, 1.165) is 5.56 Å². The van der Waals surface area contributed by atoms with Crippen LogP contribution >= 0.6 is 11.8 Å². The average molecular weight is 395 g/mol. The van der Waals surface area contributed by atoms with Gasteiger partial charge in [0.05, 0.1) is 5.25 Å². The standard InChI is InChI=1S/C21H21N3O3S/c1-13-18(12-15-6-4-3-5-7-15)20(27)24-21(22-13)28-14(2)19(26)23-16-8-10-17(25)11-9-16/h3-11,14,25H,12H2,1-2H3,(H,23,26)(H,22,24,27). The minimum absolute atomic E-state index is 0.133. The Bertz CT molecular complexity index is 1020. The molecule has 0 fully saturated rings. The first-order valence-electron chi connectivity index (χ1n) is 8.82. The van der Waals surface area contributed by atoms with Gasteiger partial charge in [-0.15, -0.1) is 0 Å². The summed E-state index contributed by atoms with van der Waals surface area (Å²) in [5.41, 5.74) is 2.72. The highest BCUT2D eigenvalue weighted by Gasteiger charge is 2.17. The van der Waals surface area contributed by atoms with Gasteiger partial charge in [0.1, 0.15) is 5.75 Å². The van der Waals surface area contributed by atoms with Gasteiger partial charge in [0, 0.05) is 23.4 Å². The number of phenols is 1. The topological polar surface area (TPSA) is 95.1 Å². The van der Waals surface area contributed by atoms with E-state index < -0.39 is 5.25 Å². The Morgan fingerprint density at radius 3 is 2.50 bits per heavy atom. The number of carbonyl (C=O) groups excluding carboxylic acids is 1. The van der Waals surface area contributed by atoms with Gasteiger partial charge < -0.3 is 15.4 Å². The molecule has 7 heteroatoms. The summed E-state index contributed by atoms with van der Waals surface area (Å²) in [5.74, 6) is -0.0855. The van der Waals surface area contributed by atoms with Crippen molar-refractivity contribution in [2.45, 2.75) is 30.7 Å². The fourth-order valence-electron chi connectivity index (χ4n) is 2.66.